The first-order chi connectivity index (χ1) is 11.7. The monoisotopic (exact) mass is 366 g/mol. The van der Waals surface area contributed by atoms with Gasteiger partial charge in [-0.3, -0.25) is 14.7 Å². The molecule has 2 saturated heterocycles. The number of hydrogen-bond acceptors (Lipinski definition) is 4. The molecule has 1 amide bonds. The van der Waals surface area contributed by atoms with E-state index in [-0.39, 0.29) is 12.4 Å². The first-order valence-electron chi connectivity index (χ1n) is 9.32. The van der Waals surface area contributed by atoms with Crippen LogP contribution in [0.1, 0.15) is 31.7 Å². The lowest BCUT2D eigenvalue weighted by Crippen LogP contribution is -2.48. The summed E-state index contributed by atoms with van der Waals surface area (Å²) in [5.74, 6) is 1.49. The number of piperidine rings is 1. The van der Waals surface area contributed by atoms with Crippen molar-refractivity contribution in [2.45, 2.75) is 32.7 Å². The number of nitrogens with zero attached hydrogens (tertiary/aromatic N) is 3. The van der Waals surface area contributed by atoms with Crippen LogP contribution in [0, 0.1) is 11.8 Å². The molecular weight excluding hydrogens is 336 g/mol. The fraction of sp³-hybridized carbons (Fsp3) is 0.684. The Morgan fingerprint density at radius 2 is 2.00 bits per heavy atom. The number of carbonyl (C=O) groups is 1. The molecule has 25 heavy (non-hydrogen) atoms. The van der Waals surface area contributed by atoms with Crippen LogP contribution in [0.4, 0.5) is 0 Å². The van der Waals surface area contributed by atoms with E-state index in [0.717, 1.165) is 45.8 Å². The Morgan fingerprint density at radius 1 is 1.28 bits per heavy atom. The third-order valence-electron chi connectivity index (χ3n) is 5.52. The topological polar surface area (TPSA) is 48.5 Å². The minimum atomic E-state index is 0. The maximum absolute atomic E-state index is 12.6. The van der Waals surface area contributed by atoms with Gasteiger partial charge in [0.15, 0.2) is 0 Å². The Kier molecular flexibility index (Phi) is 8.13. The zero-order valence-corrected chi connectivity index (χ0v) is 16.0. The Hall–Kier alpha value is -1.17. The molecule has 1 aromatic heterocycles. The van der Waals surface area contributed by atoms with E-state index in [9.17, 15) is 4.79 Å². The van der Waals surface area contributed by atoms with Crippen LogP contribution in [-0.4, -0.2) is 60.0 Å². The molecule has 0 aliphatic carbocycles. The van der Waals surface area contributed by atoms with Crippen LogP contribution in [0.5, 0.6) is 0 Å². The highest BCUT2D eigenvalue weighted by molar-refractivity contribution is 5.85. The van der Waals surface area contributed by atoms with Crippen LogP contribution in [0.3, 0.4) is 0 Å². The van der Waals surface area contributed by atoms with Gasteiger partial charge in [-0.15, -0.1) is 12.4 Å². The van der Waals surface area contributed by atoms with Gasteiger partial charge in [-0.2, -0.15) is 0 Å². The Bertz CT molecular complexity index is 513. The normalized spacial score (nSPS) is 22.9. The summed E-state index contributed by atoms with van der Waals surface area (Å²) in [6.07, 6.45) is 6.90. The number of hydrogen-bond donors (Lipinski definition) is 1. The smallest absolute Gasteiger partial charge is 0.222 e. The molecule has 2 fully saturated rings. The zero-order chi connectivity index (χ0) is 16.8. The Morgan fingerprint density at radius 3 is 2.64 bits per heavy atom. The van der Waals surface area contributed by atoms with Crippen LogP contribution in [0.15, 0.2) is 24.5 Å². The fourth-order valence-corrected chi connectivity index (χ4v) is 3.84. The van der Waals surface area contributed by atoms with E-state index in [2.05, 4.69) is 39.2 Å². The van der Waals surface area contributed by atoms with Gasteiger partial charge in [0.2, 0.25) is 5.91 Å². The lowest BCUT2D eigenvalue weighted by atomic mass is 9.85. The molecule has 1 aromatic rings. The summed E-state index contributed by atoms with van der Waals surface area (Å²) in [6, 6.07) is 4.13. The molecule has 0 radical (unpaired) electrons. The zero-order valence-electron chi connectivity index (χ0n) is 15.2. The van der Waals surface area contributed by atoms with Crippen LogP contribution >= 0.6 is 12.4 Å². The van der Waals surface area contributed by atoms with Gasteiger partial charge in [-0.25, -0.2) is 0 Å². The van der Waals surface area contributed by atoms with Crippen molar-refractivity contribution >= 4 is 18.3 Å². The van der Waals surface area contributed by atoms with Crippen molar-refractivity contribution in [3.05, 3.63) is 30.1 Å². The maximum atomic E-state index is 12.6. The summed E-state index contributed by atoms with van der Waals surface area (Å²) in [7, 11) is 0. The second-order valence-corrected chi connectivity index (χ2v) is 7.30. The molecule has 2 aliphatic heterocycles. The van der Waals surface area contributed by atoms with E-state index in [1.807, 2.05) is 12.4 Å². The Balaban J connectivity index is 0.00000225. The number of carbonyl (C=O) groups excluding carboxylic acids is 1. The summed E-state index contributed by atoms with van der Waals surface area (Å²) in [5.41, 5.74) is 1.29. The third kappa shape index (κ3) is 5.94. The van der Waals surface area contributed by atoms with Gasteiger partial charge in [-0.1, -0.05) is 6.92 Å². The standard InChI is InChI=1S/C19H30N4O.ClH/c1-16(18-3-2-6-21-14-18)13-19(24)23-11-9-22(10-12-23)15-17-4-7-20-8-5-17;/h4-5,7-8,16,18,21H,2-3,6,9-15H2,1H3;1H. The summed E-state index contributed by atoms with van der Waals surface area (Å²) in [4.78, 5) is 21.1. The largest absolute Gasteiger partial charge is 0.340 e. The molecule has 6 heteroatoms. The van der Waals surface area contributed by atoms with E-state index in [4.69, 9.17) is 0 Å². The van der Waals surface area contributed by atoms with Crippen LogP contribution in [0.2, 0.25) is 0 Å². The Labute approximate surface area is 157 Å². The highest BCUT2D eigenvalue weighted by Gasteiger charge is 2.26. The number of pyridine rings is 1. The lowest BCUT2D eigenvalue weighted by molar-refractivity contribution is -0.134. The average Bonchev–Trinajstić information content (AvgIpc) is 2.64. The second kappa shape index (κ2) is 10.1. The van der Waals surface area contributed by atoms with Gasteiger partial charge < -0.3 is 10.2 Å². The molecule has 0 saturated carbocycles. The molecule has 0 bridgehead atoms. The molecular formula is C19H31ClN4O. The number of piperazine rings is 1. The van der Waals surface area contributed by atoms with Crippen LogP contribution < -0.4 is 5.32 Å². The SMILES string of the molecule is CC(CC(=O)N1CCN(Cc2ccncc2)CC1)C1CCCNC1.Cl. The van der Waals surface area contributed by atoms with E-state index in [1.54, 1.807) is 0 Å². The van der Waals surface area contributed by atoms with E-state index >= 15 is 0 Å². The molecule has 1 N–H and O–H groups in total. The molecule has 0 spiro atoms. The van der Waals surface area contributed by atoms with E-state index < -0.39 is 0 Å². The summed E-state index contributed by atoms with van der Waals surface area (Å²) >= 11 is 0. The predicted molar refractivity (Wildman–Crippen MR) is 103 cm³/mol. The van der Waals surface area contributed by atoms with Gasteiger partial charge >= 0.3 is 0 Å². The molecule has 5 nitrogen and oxygen atoms in total. The fourth-order valence-electron chi connectivity index (χ4n) is 3.84. The number of amides is 1. The highest BCUT2D eigenvalue weighted by Crippen LogP contribution is 2.23. The first kappa shape index (κ1) is 20.1. The van der Waals surface area contributed by atoms with E-state index in [1.165, 1.54) is 18.4 Å². The predicted octanol–water partition coefficient (Wildman–Crippen LogP) is 2.17. The lowest BCUT2D eigenvalue weighted by Gasteiger charge is -2.36. The van der Waals surface area contributed by atoms with Crippen LogP contribution in [0.25, 0.3) is 0 Å². The van der Waals surface area contributed by atoms with Gasteiger partial charge in [0, 0.05) is 51.5 Å². The summed E-state index contributed by atoms with van der Waals surface area (Å²) in [5, 5.41) is 3.46. The number of aromatic nitrogens is 1. The van der Waals surface area contributed by atoms with Gasteiger partial charge in [0.05, 0.1) is 0 Å². The third-order valence-corrected chi connectivity index (χ3v) is 5.52. The van der Waals surface area contributed by atoms with Crippen molar-refractivity contribution in [2.24, 2.45) is 11.8 Å². The molecule has 140 valence electrons. The van der Waals surface area contributed by atoms with Crippen molar-refractivity contribution in [1.82, 2.24) is 20.1 Å². The van der Waals surface area contributed by atoms with E-state index in [0.29, 0.717) is 24.2 Å². The molecule has 0 aromatic carbocycles. The van der Waals surface area contributed by atoms with Gasteiger partial charge in [-0.05, 0) is 55.5 Å². The quantitative estimate of drug-likeness (QED) is 0.867. The number of nitrogens with one attached hydrogen (secondary N) is 1. The van der Waals surface area contributed by atoms with Crippen molar-refractivity contribution < 1.29 is 4.79 Å². The van der Waals surface area contributed by atoms with Crippen molar-refractivity contribution in [1.29, 1.82) is 0 Å². The van der Waals surface area contributed by atoms with Crippen molar-refractivity contribution in [3.63, 3.8) is 0 Å². The molecule has 2 aliphatic rings. The van der Waals surface area contributed by atoms with Crippen molar-refractivity contribution in [2.75, 3.05) is 39.3 Å². The minimum absolute atomic E-state index is 0. The van der Waals surface area contributed by atoms with Gasteiger partial charge in [0.1, 0.15) is 0 Å². The minimum Gasteiger partial charge on any atom is -0.340 e. The molecule has 3 rings (SSSR count). The van der Waals surface area contributed by atoms with Gasteiger partial charge in [0.25, 0.3) is 0 Å². The summed E-state index contributed by atoms with van der Waals surface area (Å²) in [6.45, 7) is 9.06. The highest BCUT2D eigenvalue weighted by atomic mass is 35.5. The van der Waals surface area contributed by atoms with Crippen molar-refractivity contribution in [3.8, 4) is 0 Å². The second-order valence-electron chi connectivity index (χ2n) is 7.30. The molecule has 2 unspecified atom stereocenters. The molecule has 3 heterocycles. The molecule has 2 atom stereocenters. The number of halogens is 1. The van der Waals surface area contributed by atoms with Crippen LogP contribution in [-0.2, 0) is 11.3 Å². The maximum Gasteiger partial charge on any atom is 0.222 e. The summed E-state index contributed by atoms with van der Waals surface area (Å²) < 4.78 is 0. The first-order valence-corrected chi connectivity index (χ1v) is 9.32. The average molecular weight is 367 g/mol. The number of rotatable bonds is 5.